The fraction of sp³-hybridized carbons (Fsp3) is 0.600. The third kappa shape index (κ3) is 6.48. The molecule has 1 heterocycles. The van der Waals surface area contributed by atoms with Gasteiger partial charge in [0.1, 0.15) is 5.60 Å². The fourth-order valence-electron chi connectivity index (χ4n) is 2.87. The number of carbonyl (C=O) groups excluding carboxylic acids is 2. The number of ether oxygens (including phenoxy) is 1. The van der Waals surface area contributed by atoms with Gasteiger partial charge in [0.15, 0.2) is 5.60 Å². The van der Waals surface area contributed by atoms with Crippen molar-refractivity contribution in [1.82, 2.24) is 10.2 Å². The number of nitrogens with zero attached hydrogens (tertiary/aromatic N) is 1. The first-order chi connectivity index (χ1) is 12.5. The number of amides is 1. The molecule has 1 fully saturated rings. The molecular weight excluding hydrogens is 368 g/mol. The highest BCUT2D eigenvalue weighted by Gasteiger charge is 2.35. The minimum atomic E-state index is -1.59. The summed E-state index contributed by atoms with van der Waals surface area (Å²) in [5.41, 5.74) is -1.61. The molecule has 150 valence electrons. The number of likely N-dealkylation sites (tertiary alicyclic amines) is 1. The van der Waals surface area contributed by atoms with E-state index in [0.717, 1.165) is 12.8 Å². The van der Waals surface area contributed by atoms with E-state index >= 15 is 0 Å². The second-order valence-electron chi connectivity index (χ2n) is 8.23. The summed E-state index contributed by atoms with van der Waals surface area (Å²) in [6, 6.07) is 7.01. The molecule has 27 heavy (non-hydrogen) atoms. The highest BCUT2D eigenvalue weighted by Crippen LogP contribution is 2.18. The number of nitrogens with one attached hydrogen (secondary N) is 1. The number of benzene rings is 1. The number of hydrogen-bond acceptors (Lipinski definition) is 5. The van der Waals surface area contributed by atoms with E-state index in [2.05, 4.69) is 5.32 Å². The molecule has 1 aliphatic heterocycles. The van der Waals surface area contributed by atoms with E-state index in [0.29, 0.717) is 23.7 Å². The molecule has 0 spiro atoms. The summed E-state index contributed by atoms with van der Waals surface area (Å²) >= 11 is 5.86. The zero-order chi connectivity index (χ0) is 20.2. The van der Waals surface area contributed by atoms with Gasteiger partial charge < -0.3 is 20.1 Å². The van der Waals surface area contributed by atoms with Gasteiger partial charge in [-0.2, -0.15) is 0 Å². The first-order valence-corrected chi connectivity index (χ1v) is 9.60. The molecule has 1 aromatic carbocycles. The van der Waals surface area contributed by atoms with Gasteiger partial charge in [-0.25, -0.2) is 4.79 Å². The number of esters is 1. The van der Waals surface area contributed by atoms with Gasteiger partial charge in [-0.1, -0.05) is 11.6 Å². The maximum atomic E-state index is 12.5. The van der Waals surface area contributed by atoms with Crippen molar-refractivity contribution in [2.45, 2.75) is 57.8 Å². The van der Waals surface area contributed by atoms with Crippen LogP contribution in [0.2, 0.25) is 5.02 Å². The molecule has 1 amide bonds. The largest absolute Gasteiger partial charge is 0.458 e. The van der Waals surface area contributed by atoms with Crippen LogP contribution in [0.5, 0.6) is 0 Å². The quantitative estimate of drug-likeness (QED) is 0.748. The lowest BCUT2D eigenvalue weighted by molar-refractivity contribution is -0.175. The van der Waals surface area contributed by atoms with Gasteiger partial charge >= 0.3 is 5.97 Å². The number of piperidine rings is 1. The van der Waals surface area contributed by atoms with E-state index in [1.54, 1.807) is 45.0 Å². The van der Waals surface area contributed by atoms with Crippen molar-refractivity contribution < 1.29 is 19.4 Å². The van der Waals surface area contributed by atoms with E-state index < -0.39 is 17.2 Å². The summed E-state index contributed by atoms with van der Waals surface area (Å²) in [7, 11) is 0. The number of halogens is 1. The fourth-order valence-corrected chi connectivity index (χ4v) is 2.99. The molecule has 1 unspecified atom stereocenters. The number of rotatable bonds is 5. The zero-order valence-electron chi connectivity index (χ0n) is 16.4. The van der Waals surface area contributed by atoms with Crippen molar-refractivity contribution in [3.63, 3.8) is 0 Å². The Bertz CT molecular complexity index is 660. The Morgan fingerprint density at radius 3 is 2.26 bits per heavy atom. The smallest absolute Gasteiger partial charge is 0.339 e. The van der Waals surface area contributed by atoms with E-state index in [4.69, 9.17) is 16.3 Å². The Labute approximate surface area is 165 Å². The summed E-state index contributed by atoms with van der Waals surface area (Å²) in [6.07, 6.45) is 1.51. The van der Waals surface area contributed by atoms with Gasteiger partial charge in [0.25, 0.3) is 5.91 Å². The highest BCUT2D eigenvalue weighted by atomic mass is 35.5. The lowest BCUT2D eigenvalue weighted by Gasteiger charge is -2.34. The standard InChI is InChI=1S/C20H29ClN2O4/c1-19(2,3)27-18(25)20(4,26)13-22-16-9-11-23(12-10-16)17(24)14-5-7-15(21)8-6-14/h5-8,16,22,26H,9-13H2,1-4H3. The minimum absolute atomic E-state index is 0.00846. The lowest BCUT2D eigenvalue weighted by Crippen LogP contribution is -2.52. The van der Waals surface area contributed by atoms with Gasteiger partial charge in [0.2, 0.25) is 0 Å². The summed E-state index contributed by atoms with van der Waals surface area (Å²) in [4.78, 5) is 26.4. The van der Waals surface area contributed by atoms with Crippen LogP contribution in [0.15, 0.2) is 24.3 Å². The minimum Gasteiger partial charge on any atom is -0.458 e. The molecule has 2 N–H and O–H groups in total. The van der Waals surface area contributed by atoms with E-state index in [9.17, 15) is 14.7 Å². The number of aliphatic hydroxyl groups is 1. The van der Waals surface area contributed by atoms with E-state index in [1.807, 2.05) is 4.90 Å². The average Bonchev–Trinajstić information content (AvgIpc) is 2.59. The van der Waals surface area contributed by atoms with E-state index in [-0.39, 0.29) is 18.5 Å². The van der Waals surface area contributed by atoms with Crippen molar-refractivity contribution in [2.24, 2.45) is 0 Å². The maximum absolute atomic E-state index is 12.5. The Hall–Kier alpha value is -1.63. The van der Waals surface area contributed by atoms with Crippen LogP contribution in [0, 0.1) is 0 Å². The number of hydrogen-bond donors (Lipinski definition) is 2. The van der Waals surface area contributed by atoms with Crippen LogP contribution in [-0.2, 0) is 9.53 Å². The Morgan fingerprint density at radius 2 is 1.74 bits per heavy atom. The van der Waals surface area contributed by atoms with Gasteiger partial charge in [-0.05, 0) is 64.8 Å². The van der Waals surface area contributed by atoms with Crippen molar-refractivity contribution in [2.75, 3.05) is 19.6 Å². The van der Waals surface area contributed by atoms with Crippen LogP contribution >= 0.6 is 11.6 Å². The predicted octanol–water partition coefficient (Wildman–Crippen LogP) is 2.63. The maximum Gasteiger partial charge on any atom is 0.339 e. The molecular formula is C20H29ClN2O4. The number of carbonyl (C=O) groups is 2. The first kappa shape index (κ1) is 21.7. The molecule has 0 aromatic heterocycles. The molecule has 1 saturated heterocycles. The lowest BCUT2D eigenvalue weighted by atomic mass is 10.0. The van der Waals surface area contributed by atoms with Gasteiger partial charge in [-0.3, -0.25) is 4.79 Å². The van der Waals surface area contributed by atoms with Gasteiger partial charge in [0.05, 0.1) is 0 Å². The average molecular weight is 397 g/mol. The van der Waals surface area contributed by atoms with Gasteiger partial charge in [0, 0.05) is 36.3 Å². The molecule has 1 aliphatic rings. The molecule has 1 aromatic rings. The molecule has 1 atom stereocenters. The summed E-state index contributed by atoms with van der Waals surface area (Å²) in [5.74, 6) is -0.649. The normalized spacial score (nSPS) is 18.1. The summed E-state index contributed by atoms with van der Waals surface area (Å²) < 4.78 is 5.26. The van der Waals surface area contributed by atoms with Crippen LogP contribution in [-0.4, -0.2) is 58.8 Å². The molecule has 6 nitrogen and oxygen atoms in total. The molecule has 2 rings (SSSR count). The third-order valence-electron chi connectivity index (χ3n) is 4.45. The molecule has 0 saturated carbocycles. The van der Waals surface area contributed by atoms with Crippen LogP contribution in [0.25, 0.3) is 0 Å². The van der Waals surface area contributed by atoms with Crippen molar-refractivity contribution >= 4 is 23.5 Å². The molecule has 0 radical (unpaired) electrons. The zero-order valence-corrected chi connectivity index (χ0v) is 17.2. The van der Waals surface area contributed by atoms with Crippen LogP contribution < -0.4 is 5.32 Å². The predicted molar refractivity (Wildman–Crippen MR) is 105 cm³/mol. The second-order valence-corrected chi connectivity index (χ2v) is 8.67. The third-order valence-corrected chi connectivity index (χ3v) is 4.70. The first-order valence-electron chi connectivity index (χ1n) is 9.22. The monoisotopic (exact) mass is 396 g/mol. The van der Waals surface area contributed by atoms with Crippen molar-refractivity contribution in [3.8, 4) is 0 Å². The molecule has 0 bridgehead atoms. The van der Waals surface area contributed by atoms with Crippen molar-refractivity contribution in [3.05, 3.63) is 34.9 Å². The Kier molecular flexibility index (Phi) is 6.89. The van der Waals surface area contributed by atoms with Crippen LogP contribution in [0.4, 0.5) is 0 Å². The van der Waals surface area contributed by atoms with Crippen LogP contribution in [0.3, 0.4) is 0 Å². The van der Waals surface area contributed by atoms with Crippen molar-refractivity contribution in [1.29, 1.82) is 0 Å². The SMILES string of the molecule is CC(C)(C)OC(=O)C(C)(O)CNC1CCN(C(=O)c2ccc(Cl)cc2)CC1. The molecule has 7 heteroatoms. The second kappa shape index (κ2) is 8.59. The summed E-state index contributed by atoms with van der Waals surface area (Å²) in [5, 5.41) is 14.2. The van der Waals surface area contributed by atoms with E-state index in [1.165, 1.54) is 6.92 Å². The summed E-state index contributed by atoms with van der Waals surface area (Å²) in [6.45, 7) is 8.10. The Morgan fingerprint density at radius 1 is 1.19 bits per heavy atom. The molecule has 0 aliphatic carbocycles. The highest BCUT2D eigenvalue weighted by molar-refractivity contribution is 6.30. The van der Waals surface area contributed by atoms with Gasteiger partial charge in [-0.15, -0.1) is 0 Å². The Balaban J connectivity index is 1.81. The topological polar surface area (TPSA) is 78.9 Å². The van der Waals surface area contributed by atoms with Crippen LogP contribution in [0.1, 0.15) is 50.9 Å².